The highest BCUT2D eigenvalue weighted by molar-refractivity contribution is 7.89. The molecule has 33 heavy (non-hydrogen) atoms. The van der Waals surface area contributed by atoms with Crippen LogP contribution in [0.1, 0.15) is 51.6 Å². The predicted molar refractivity (Wildman–Crippen MR) is 129 cm³/mol. The lowest BCUT2D eigenvalue weighted by molar-refractivity contribution is -0.128. The van der Waals surface area contributed by atoms with E-state index in [9.17, 15) is 18.0 Å². The number of sulfonamides is 1. The summed E-state index contributed by atoms with van der Waals surface area (Å²) in [4.78, 5) is 24.9. The quantitative estimate of drug-likeness (QED) is 0.546. The molecule has 3 atom stereocenters. The second-order valence-electron chi connectivity index (χ2n) is 9.83. The van der Waals surface area contributed by atoms with Crippen LogP contribution in [0.25, 0.3) is 0 Å². The average Bonchev–Trinajstić information content (AvgIpc) is 3.08. The maximum atomic E-state index is 13.0. The number of carbonyl (C=O) groups is 2. The minimum Gasteiger partial charge on any atom is -0.308 e. The molecule has 0 aromatic heterocycles. The zero-order valence-electron chi connectivity index (χ0n) is 19.2. The third-order valence-electron chi connectivity index (χ3n) is 7.63. The number of anilines is 2. The Hall–Kier alpha value is -2.71. The summed E-state index contributed by atoms with van der Waals surface area (Å²) in [7, 11) is -3.67. The van der Waals surface area contributed by atoms with Crippen LogP contribution >= 0.6 is 0 Å². The van der Waals surface area contributed by atoms with Crippen molar-refractivity contribution in [3.8, 4) is 0 Å². The van der Waals surface area contributed by atoms with Crippen molar-refractivity contribution in [2.75, 3.05) is 16.4 Å². The zero-order chi connectivity index (χ0) is 23.9. The van der Waals surface area contributed by atoms with E-state index in [1.54, 1.807) is 43.3 Å². The van der Waals surface area contributed by atoms with Crippen LogP contribution in [0.4, 0.5) is 16.2 Å². The minimum absolute atomic E-state index is 0.0889. The summed E-state index contributed by atoms with van der Waals surface area (Å²) >= 11 is 0. The van der Waals surface area contributed by atoms with E-state index in [-0.39, 0.29) is 28.9 Å². The van der Waals surface area contributed by atoms with Gasteiger partial charge >= 0.3 is 6.03 Å². The fraction of sp³-hybridized carbons (Fsp3) is 0.440. The Kier molecular flexibility index (Phi) is 6.09. The van der Waals surface area contributed by atoms with E-state index in [1.807, 2.05) is 32.0 Å². The van der Waals surface area contributed by atoms with E-state index >= 15 is 0 Å². The standard InChI is InChI=1S/C25H31N3O4S/c1-17(28-33(31,32)16-25-14-13-19(15-22(25)29)24(25,2)3)18-9-11-21(12-10-18)27-23(30)26-20-7-5-4-6-8-20/h4-12,17,19,28H,13-16H2,1-3H3,(H2,26,27,30). The molecule has 2 bridgehead atoms. The van der Waals surface area contributed by atoms with Gasteiger partial charge in [-0.1, -0.05) is 44.2 Å². The number of urea groups is 1. The summed E-state index contributed by atoms with van der Waals surface area (Å²) in [5.41, 5.74) is 0.966. The molecule has 4 rings (SSSR count). The van der Waals surface area contributed by atoms with Gasteiger partial charge in [0.2, 0.25) is 10.0 Å². The number of rotatable bonds is 7. The Bertz CT molecular complexity index is 1150. The maximum Gasteiger partial charge on any atom is 0.323 e. The van der Waals surface area contributed by atoms with E-state index in [0.717, 1.165) is 12.0 Å². The molecular formula is C25H31N3O4S. The summed E-state index contributed by atoms with van der Waals surface area (Å²) in [5, 5.41) is 5.50. The third kappa shape index (κ3) is 4.54. The molecule has 8 heteroatoms. The first-order valence-electron chi connectivity index (χ1n) is 11.3. The normalized spacial score (nSPS) is 24.5. The number of hydrogen-bond donors (Lipinski definition) is 3. The molecule has 2 aliphatic rings. The van der Waals surface area contributed by atoms with Gasteiger partial charge in [-0.05, 0) is 60.9 Å². The molecule has 2 aromatic carbocycles. The minimum atomic E-state index is -3.67. The number of Topliss-reactive ketones (excluding diaryl/α,β-unsaturated/α-hetero) is 1. The molecule has 0 aliphatic heterocycles. The summed E-state index contributed by atoms with van der Waals surface area (Å²) in [5.74, 6) is 0.203. The number of amides is 2. The Balaban J connectivity index is 1.38. The molecular weight excluding hydrogens is 438 g/mol. The van der Waals surface area contributed by atoms with Crippen molar-refractivity contribution in [2.24, 2.45) is 16.7 Å². The molecule has 0 saturated heterocycles. The van der Waals surface area contributed by atoms with Crippen LogP contribution in [-0.2, 0) is 14.8 Å². The van der Waals surface area contributed by atoms with Gasteiger partial charge in [0.05, 0.1) is 5.75 Å². The van der Waals surface area contributed by atoms with Crippen molar-refractivity contribution >= 4 is 33.2 Å². The van der Waals surface area contributed by atoms with E-state index in [4.69, 9.17) is 0 Å². The van der Waals surface area contributed by atoms with Crippen molar-refractivity contribution in [1.29, 1.82) is 0 Å². The van der Waals surface area contributed by atoms with Crippen molar-refractivity contribution in [3.63, 3.8) is 0 Å². The van der Waals surface area contributed by atoms with Gasteiger partial charge in [0.15, 0.2) is 0 Å². The number of benzene rings is 2. The van der Waals surface area contributed by atoms with Crippen molar-refractivity contribution in [2.45, 2.75) is 46.1 Å². The Morgan fingerprint density at radius 3 is 2.18 bits per heavy atom. The highest BCUT2D eigenvalue weighted by Gasteiger charge is 2.65. The van der Waals surface area contributed by atoms with Crippen LogP contribution < -0.4 is 15.4 Å². The zero-order valence-corrected chi connectivity index (χ0v) is 20.0. The van der Waals surface area contributed by atoms with E-state index in [2.05, 4.69) is 15.4 Å². The molecule has 2 saturated carbocycles. The maximum absolute atomic E-state index is 13.0. The first-order chi connectivity index (χ1) is 15.5. The number of carbonyl (C=O) groups excluding carboxylic acids is 2. The highest BCUT2D eigenvalue weighted by atomic mass is 32.2. The second-order valence-corrected chi connectivity index (χ2v) is 11.6. The van der Waals surface area contributed by atoms with Gasteiger partial charge in [-0.2, -0.15) is 0 Å². The van der Waals surface area contributed by atoms with Gasteiger partial charge in [0.25, 0.3) is 0 Å². The Morgan fingerprint density at radius 2 is 1.64 bits per heavy atom. The summed E-state index contributed by atoms with van der Waals surface area (Å²) in [6, 6.07) is 15.3. The van der Waals surface area contributed by atoms with Gasteiger partial charge in [-0.3, -0.25) is 4.79 Å². The topological polar surface area (TPSA) is 104 Å². The number of para-hydroxylation sites is 1. The van der Waals surface area contributed by atoms with E-state index in [1.165, 1.54) is 0 Å². The first-order valence-corrected chi connectivity index (χ1v) is 12.9. The van der Waals surface area contributed by atoms with E-state index in [0.29, 0.717) is 24.2 Å². The lowest BCUT2D eigenvalue weighted by atomic mass is 9.70. The van der Waals surface area contributed by atoms with Gasteiger partial charge in [-0.15, -0.1) is 0 Å². The van der Waals surface area contributed by atoms with Crippen molar-refractivity contribution < 1.29 is 18.0 Å². The molecule has 7 nitrogen and oxygen atoms in total. The van der Waals surface area contributed by atoms with Crippen molar-refractivity contribution in [1.82, 2.24) is 4.72 Å². The Morgan fingerprint density at radius 1 is 1.03 bits per heavy atom. The summed E-state index contributed by atoms with van der Waals surface area (Å²) < 4.78 is 28.8. The van der Waals surface area contributed by atoms with Gasteiger partial charge < -0.3 is 10.6 Å². The lowest BCUT2D eigenvalue weighted by Gasteiger charge is -2.36. The van der Waals surface area contributed by atoms with Crippen LogP contribution in [0.5, 0.6) is 0 Å². The molecule has 3 unspecified atom stereocenters. The molecule has 0 radical (unpaired) electrons. The lowest BCUT2D eigenvalue weighted by Crippen LogP contribution is -2.45. The fourth-order valence-electron chi connectivity index (χ4n) is 5.48. The van der Waals surface area contributed by atoms with Crippen LogP contribution in [0, 0.1) is 16.7 Å². The number of hydrogen-bond acceptors (Lipinski definition) is 4. The van der Waals surface area contributed by atoms with Crippen LogP contribution in [0.15, 0.2) is 54.6 Å². The average molecular weight is 470 g/mol. The number of nitrogens with one attached hydrogen (secondary N) is 3. The second kappa shape index (κ2) is 8.57. The van der Waals surface area contributed by atoms with Gasteiger partial charge in [-0.25, -0.2) is 17.9 Å². The SMILES string of the molecule is CC(NS(=O)(=O)CC12CCC(CC1=O)C2(C)C)c1ccc(NC(=O)Nc2ccccc2)cc1. The molecule has 0 spiro atoms. The van der Waals surface area contributed by atoms with Crippen LogP contribution in [-0.4, -0.2) is 26.0 Å². The number of fused-ring (bicyclic) bond motifs is 2. The van der Waals surface area contributed by atoms with Crippen LogP contribution in [0.3, 0.4) is 0 Å². The van der Waals surface area contributed by atoms with Gasteiger partial charge in [0.1, 0.15) is 5.78 Å². The predicted octanol–water partition coefficient (Wildman–Crippen LogP) is 4.71. The highest BCUT2D eigenvalue weighted by Crippen LogP contribution is 2.64. The molecule has 0 heterocycles. The summed E-state index contributed by atoms with van der Waals surface area (Å²) in [6.45, 7) is 5.85. The first kappa shape index (κ1) is 23.4. The summed E-state index contributed by atoms with van der Waals surface area (Å²) in [6.07, 6.45) is 2.05. The third-order valence-corrected chi connectivity index (χ3v) is 9.22. The number of ketones is 1. The fourth-order valence-corrected chi connectivity index (χ4v) is 7.57. The van der Waals surface area contributed by atoms with Crippen molar-refractivity contribution in [3.05, 3.63) is 60.2 Å². The molecule has 2 fully saturated rings. The van der Waals surface area contributed by atoms with Gasteiger partial charge in [0, 0.05) is 29.3 Å². The molecule has 3 N–H and O–H groups in total. The molecule has 2 aliphatic carbocycles. The monoisotopic (exact) mass is 469 g/mol. The molecule has 2 amide bonds. The smallest absolute Gasteiger partial charge is 0.308 e. The molecule has 176 valence electrons. The largest absolute Gasteiger partial charge is 0.323 e. The van der Waals surface area contributed by atoms with Crippen LogP contribution in [0.2, 0.25) is 0 Å². The van der Waals surface area contributed by atoms with E-state index < -0.39 is 21.5 Å². The molecule has 2 aromatic rings. The Labute approximate surface area is 195 Å².